The smallest absolute Gasteiger partial charge is 0.246 e. The zero-order chi connectivity index (χ0) is 21.2. The largest absolute Gasteiger partial charge is 0.350 e. The molecule has 3 rings (SSSR count). The van der Waals surface area contributed by atoms with Crippen LogP contribution in [0.15, 0.2) is 48.5 Å². The van der Waals surface area contributed by atoms with E-state index in [9.17, 15) is 9.59 Å². The van der Waals surface area contributed by atoms with Gasteiger partial charge in [0.15, 0.2) is 0 Å². The Balaban J connectivity index is 1.59. The lowest BCUT2D eigenvalue weighted by molar-refractivity contribution is -0.157. The molecule has 2 aromatic rings. The van der Waals surface area contributed by atoms with E-state index in [0.717, 1.165) is 11.1 Å². The Morgan fingerprint density at radius 2 is 1.62 bits per heavy atom. The van der Waals surface area contributed by atoms with Crippen molar-refractivity contribution in [1.29, 1.82) is 0 Å². The van der Waals surface area contributed by atoms with Crippen molar-refractivity contribution >= 4 is 23.4 Å². The lowest BCUT2D eigenvalue weighted by atomic mass is 9.84. The van der Waals surface area contributed by atoms with Gasteiger partial charge in [-0.25, -0.2) is 0 Å². The van der Waals surface area contributed by atoms with Gasteiger partial charge in [0, 0.05) is 18.1 Å². The quantitative estimate of drug-likeness (QED) is 0.786. The zero-order valence-electron chi connectivity index (χ0n) is 17.6. The summed E-state index contributed by atoms with van der Waals surface area (Å²) in [6, 6.07) is 15.6. The van der Waals surface area contributed by atoms with Crippen molar-refractivity contribution < 1.29 is 9.59 Å². The number of benzene rings is 2. The first-order chi connectivity index (χ1) is 13.6. The molecule has 1 N–H and O–H groups in total. The maximum atomic E-state index is 12.8. The van der Waals surface area contributed by atoms with E-state index in [1.54, 1.807) is 17.0 Å². The SMILES string of the molecule is CC(C)(C)c1ccc(CC(=O)N2CCC2(C)C(=O)NCc2ccc(Cl)cc2)cc1. The maximum Gasteiger partial charge on any atom is 0.246 e. The number of rotatable bonds is 5. The van der Waals surface area contributed by atoms with Crippen LogP contribution in [0.5, 0.6) is 0 Å². The molecule has 1 heterocycles. The van der Waals surface area contributed by atoms with Crippen LogP contribution in [0.1, 0.15) is 50.8 Å². The monoisotopic (exact) mass is 412 g/mol. The highest BCUT2D eigenvalue weighted by atomic mass is 35.5. The molecule has 1 fully saturated rings. The van der Waals surface area contributed by atoms with E-state index < -0.39 is 5.54 Å². The third-order valence-corrected chi connectivity index (χ3v) is 6.00. The Morgan fingerprint density at radius 3 is 2.14 bits per heavy atom. The van der Waals surface area contributed by atoms with Crippen LogP contribution in [-0.4, -0.2) is 28.8 Å². The molecule has 2 amide bonds. The topological polar surface area (TPSA) is 49.4 Å². The molecular weight excluding hydrogens is 384 g/mol. The van der Waals surface area contributed by atoms with Gasteiger partial charge >= 0.3 is 0 Å². The Hall–Kier alpha value is -2.33. The Bertz CT molecular complexity index is 885. The maximum absolute atomic E-state index is 12.8. The number of amides is 2. The first-order valence-electron chi connectivity index (χ1n) is 10.0. The molecule has 0 bridgehead atoms. The van der Waals surface area contributed by atoms with Crippen molar-refractivity contribution in [1.82, 2.24) is 10.2 Å². The number of nitrogens with one attached hydrogen (secondary N) is 1. The summed E-state index contributed by atoms with van der Waals surface area (Å²) in [5, 5.41) is 3.62. The molecule has 0 saturated carbocycles. The fourth-order valence-electron chi connectivity index (χ4n) is 3.56. The van der Waals surface area contributed by atoms with Crippen LogP contribution < -0.4 is 5.32 Å². The van der Waals surface area contributed by atoms with Crippen molar-refractivity contribution in [2.24, 2.45) is 0 Å². The number of hydrogen-bond acceptors (Lipinski definition) is 2. The molecule has 0 radical (unpaired) electrons. The Labute approximate surface area is 178 Å². The van der Waals surface area contributed by atoms with Crippen molar-refractivity contribution in [3.63, 3.8) is 0 Å². The standard InChI is InChI=1S/C24H29ClN2O2/c1-23(2,3)19-9-5-17(6-10-19)15-21(28)27-14-13-24(27,4)22(29)26-16-18-7-11-20(25)12-8-18/h5-12H,13-16H2,1-4H3,(H,26,29). The summed E-state index contributed by atoms with van der Waals surface area (Å²) in [7, 11) is 0. The lowest BCUT2D eigenvalue weighted by Crippen LogP contribution is -2.67. The van der Waals surface area contributed by atoms with E-state index in [4.69, 9.17) is 11.6 Å². The third kappa shape index (κ3) is 4.81. The van der Waals surface area contributed by atoms with Gasteiger partial charge in [0.25, 0.3) is 0 Å². The van der Waals surface area contributed by atoms with Gasteiger partial charge < -0.3 is 10.2 Å². The molecule has 4 nitrogen and oxygen atoms in total. The summed E-state index contributed by atoms with van der Waals surface area (Å²) in [4.78, 5) is 27.3. The molecule has 1 aliphatic heterocycles. The summed E-state index contributed by atoms with van der Waals surface area (Å²) in [6.45, 7) is 9.38. The summed E-state index contributed by atoms with van der Waals surface area (Å²) in [5.74, 6) is -0.126. The highest BCUT2D eigenvalue weighted by Gasteiger charge is 2.49. The number of carbonyl (C=O) groups is 2. The van der Waals surface area contributed by atoms with E-state index in [1.807, 2.05) is 31.2 Å². The van der Waals surface area contributed by atoms with Crippen LogP contribution in [0.3, 0.4) is 0 Å². The van der Waals surface area contributed by atoms with E-state index in [-0.39, 0.29) is 17.2 Å². The lowest BCUT2D eigenvalue weighted by Gasteiger charge is -2.49. The van der Waals surface area contributed by atoms with Crippen LogP contribution in [-0.2, 0) is 28.0 Å². The number of halogens is 1. The fraction of sp³-hybridized carbons (Fsp3) is 0.417. The van der Waals surface area contributed by atoms with Gasteiger partial charge in [-0.1, -0.05) is 68.8 Å². The first-order valence-corrected chi connectivity index (χ1v) is 10.4. The molecule has 29 heavy (non-hydrogen) atoms. The first kappa shape index (κ1) is 21.4. The highest BCUT2D eigenvalue weighted by molar-refractivity contribution is 6.30. The minimum atomic E-state index is -0.783. The van der Waals surface area contributed by atoms with Crippen LogP contribution in [0, 0.1) is 0 Å². The number of carbonyl (C=O) groups excluding carboxylic acids is 2. The van der Waals surface area contributed by atoms with E-state index >= 15 is 0 Å². The van der Waals surface area contributed by atoms with Crippen LogP contribution in [0.2, 0.25) is 5.02 Å². The van der Waals surface area contributed by atoms with Gasteiger partial charge in [0.2, 0.25) is 11.8 Å². The van der Waals surface area contributed by atoms with Gasteiger partial charge in [0.05, 0.1) is 6.42 Å². The van der Waals surface area contributed by atoms with Gasteiger partial charge in [-0.3, -0.25) is 9.59 Å². The predicted molar refractivity (Wildman–Crippen MR) is 117 cm³/mol. The molecule has 154 valence electrons. The minimum Gasteiger partial charge on any atom is -0.350 e. The molecular formula is C24H29ClN2O2. The molecule has 0 spiro atoms. The molecule has 0 aliphatic carbocycles. The molecule has 2 aromatic carbocycles. The predicted octanol–water partition coefficient (Wildman–Crippen LogP) is 4.49. The molecule has 0 aromatic heterocycles. The summed E-state index contributed by atoms with van der Waals surface area (Å²) < 4.78 is 0. The highest BCUT2D eigenvalue weighted by Crippen LogP contribution is 2.31. The van der Waals surface area contributed by atoms with Crippen LogP contribution in [0.4, 0.5) is 0 Å². The summed E-state index contributed by atoms with van der Waals surface area (Å²) in [6.07, 6.45) is 0.985. The second-order valence-corrected chi connectivity index (χ2v) is 9.44. The van der Waals surface area contributed by atoms with Gasteiger partial charge in [-0.2, -0.15) is 0 Å². The van der Waals surface area contributed by atoms with Gasteiger partial charge in [-0.05, 0) is 47.6 Å². The van der Waals surface area contributed by atoms with Gasteiger partial charge in [-0.15, -0.1) is 0 Å². The minimum absolute atomic E-state index is 0.0103. The van der Waals surface area contributed by atoms with Crippen molar-refractivity contribution in [3.8, 4) is 0 Å². The molecule has 1 aliphatic rings. The Morgan fingerprint density at radius 1 is 1.03 bits per heavy atom. The molecule has 1 atom stereocenters. The number of nitrogens with zero attached hydrogens (tertiary/aromatic N) is 1. The average Bonchev–Trinajstić information content (AvgIpc) is 2.65. The Kier molecular flexibility index (Phi) is 6.04. The summed E-state index contributed by atoms with van der Waals surface area (Å²) in [5.41, 5.74) is 2.49. The van der Waals surface area contributed by atoms with Crippen LogP contribution >= 0.6 is 11.6 Å². The second kappa shape index (κ2) is 8.19. The van der Waals surface area contributed by atoms with Gasteiger partial charge in [0.1, 0.15) is 5.54 Å². The van der Waals surface area contributed by atoms with Crippen molar-refractivity contribution in [2.75, 3.05) is 6.54 Å². The summed E-state index contributed by atoms with van der Waals surface area (Å²) >= 11 is 5.90. The van der Waals surface area contributed by atoms with Crippen molar-refractivity contribution in [3.05, 3.63) is 70.2 Å². The normalized spacial score (nSPS) is 18.9. The number of likely N-dealkylation sites (tertiary alicyclic amines) is 1. The third-order valence-electron chi connectivity index (χ3n) is 5.75. The molecule has 1 saturated heterocycles. The van der Waals surface area contributed by atoms with Crippen molar-refractivity contribution in [2.45, 2.75) is 58.0 Å². The van der Waals surface area contributed by atoms with E-state index in [1.165, 1.54) is 5.56 Å². The second-order valence-electron chi connectivity index (χ2n) is 9.00. The average molecular weight is 413 g/mol. The molecule has 5 heteroatoms. The molecule has 1 unspecified atom stereocenters. The van der Waals surface area contributed by atoms with Crippen LogP contribution in [0.25, 0.3) is 0 Å². The fourth-order valence-corrected chi connectivity index (χ4v) is 3.69. The zero-order valence-corrected chi connectivity index (χ0v) is 18.3. The van der Waals surface area contributed by atoms with E-state index in [0.29, 0.717) is 31.0 Å². The number of hydrogen-bond donors (Lipinski definition) is 1. The van der Waals surface area contributed by atoms with E-state index in [2.05, 4.69) is 38.2 Å².